The molecule has 1 saturated heterocycles. The van der Waals surface area contributed by atoms with E-state index in [4.69, 9.17) is 5.73 Å². The van der Waals surface area contributed by atoms with E-state index in [2.05, 4.69) is 36.1 Å². The van der Waals surface area contributed by atoms with Crippen LogP contribution in [0.25, 0.3) is 0 Å². The molecule has 1 aromatic heterocycles. The van der Waals surface area contributed by atoms with E-state index in [9.17, 15) is 9.18 Å². The predicted molar refractivity (Wildman–Crippen MR) is 93.5 cm³/mol. The largest absolute Gasteiger partial charge is 0.381 e. The highest BCUT2D eigenvalue weighted by atomic mass is 79.9. The molecule has 1 aromatic carbocycles. The van der Waals surface area contributed by atoms with Crippen LogP contribution in [0.2, 0.25) is 0 Å². The van der Waals surface area contributed by atoms with Crippen LogP contribution in [-0.2, 0) is 0 Å². The van der Waals surface area contributed by atoms with E-state index in [0.29, 0.717) is 16.1 Å². The summed E-state index contributed by atoms with van der Waals surface area (Å²) in [5.41, 5.74) is 5.63. The molecule has 0 atom stereocenters. The van der Waals surface area contributed by atoms with E-state index >= 15 is 0 Å². The number of carbonyl (C=O) groups excluding carboxylic acids is 1. The molecule has 126 valence electrons. The minimum atomic E-state index is -0.780. The van der Waals surface area contributed by atoms with Crippen molar-refractivity contribution in [3.05, 3.63) is 46.4 Å². The summed E-state index contributed by atoms with van der Waals surface area (Å²) in [6.07, 6.45) is 5.08. The third-order valence-corrected chi connectivity index (χ3v) is 4.45. The molecule has 0 radical (unpaired) electrons. The fourth-order valence-corrected chi connectivity index (χ4v) is 3.27. The Morgan fingerprint density at radius 1 is 1.29 bits per heavy atom. The van der Waals surface area contributed by atoms with Crippen LogP contribution in [0.4, 0.5) is 16.0 Å². The Morgan fingerprint density at radius 2 is 1.96 bits per heavy atom. The minimum Gasteiger partial charge on any atom is -0.381 e. The van der Waals surface area contributed by atoms with Gasteiger partial charge in [0.15, 0.2) is 0 Å². The lowest BCUT2D eigenvalue weighted by Crippen LogP contribution is -2.40. The average Bonchev–Trinajstić information content (AvgIpc) is 2.55. The molecule has 6 nitrogen and oxygen atoms in total. The maximum Gasteiger partial charge on any atom is 0.253 e. The highest BCUT2D eigenvalue weighted by molar-refractivity contribution is 9.10. The van der Waals surface area contributed by atoms with Crippen molar-refractivity contribution < 1.29 is 9.18 Å². The number of nitrogens with one attached hydrogen (secondary N) is 1. The summed E-state index contributed by atoms with van der Waals surface area (Å²) in [4.78, 5) is 22.1. The van der Waals surface area contributed by atoms with Crippen molar-refractivity contribution in [1.29, 1.82) is 0 Å². The summed E-state index contributed by atoms with van der Waals surface area (Å²) in [6.45, 7) is 1.56. The molecule has 1 fully saturated rings. The van der Waals surface area contributed by atoms with Crippen LogP contribution in [0.5, 0.6) is 0 Å². The van der Waals surface area contributed by atoms with Crippen molar-refractivity contribution in [3.8, 4) is 0 Å². The Kier molecular flexibility index (Phi) is 4.94. The minimum absolute atomic E-state index is 0.105. The van der Waals surface area contributed by atoms with Crippen LogP contribution in [0.15, 0.2) is 35.1 Å². The van der Waals surface area contributed by atoms with Gasteiger partial charge in [-0.3, -0.25) is 4.79 Å². The molecule has 0 aliphatic carbocycles. The Bertz CT molecular complexity index is 735. The summed E-state index contributed by atoms with van der Waals surface area (Å²) < 4.78 is 14.6. The smallest absolute Gasteiger partial charge is 0.253 e. The summed E-state index contributed by atoms with van der Waals surface area (Å²) in [6, 6.07) is 4.82. The first-order chi connectivity index (χ1) is 11.5. The molecule has 0 unspecified atom stereocenters. The fraction of sp³-hybridized carbons (Fsp3) is 0.312. The van der Waals surface area contributed by atoms with Crippen molar-refractivity contribution in [2.75, 3.05) is 23.3 Å². The van der Waals surface area contributed by atoms with Crippen molar-refractivity contribution in [2.24, 2.45) is 5.73 Å². The number of nitrogens with two attached hydrogens (primary N) is 1. The molecule has 2 heterocycles. The lowest BCUT2D eigenvalue weighted by atomic mass is 10.0. The first-order valence-electron chi connectivity index (χ1n) is 7.62. The van der Waals surface area contributed by atoms with Gasteiger partial charge in [0, 0.05) is 36.0 Å². The number of hydrogen-bond donors (Lipinski definition) is 2. The Balaban J connectivity index is 1.70. The summed E-state index contributed by atoms with van der Waals surface area (Å²) in [7, 11) is 0. The van der Waals surface area contributed by atoms with Crippen LogP contribution in [0.1, 0.15) is 23.2 Å². The van der Waals surface area contributed by atoms with Crippen molar-refractivity contribution >= 4 is 33.5 Å². The molecule has 0 spiro atoms. The predicted octanol–water partition coefficient (Wildman–Crippen LogP) is 2.56. The van der Waals surface area contributed by atoms with E-state index in [1.807, 2.05) is 0 Å². The number of amides is 1. The number of hydrogen-bond acceptors (Lipinski definition) is 5. The van der Waals surface area contributed by atoms with Gasteiger partial charge in [0.1, 0.15) is 5.82 Å². The number of rotatable bonds is 4. The molecule has 3 N–H and O–H groups in total. The lowest BCUT2D eigenvalue weighted by Gasteiger charge is -2.33. The Hall–Kier alpha value is -2.22. The molecular weight excluding hydrogens is 377 g/mol. The quantitative estimate of drug-likeness (QED) is 0.833. The second-order valence-electron chi connectivity index (χ2n) is 5.63. The molecule has 8 heteroatoms. The third kappa shape index (κ3) is 3.64. The van der Waals surface area contributed by atoms with Crippen molar-refractivity contribution in [3.63, 3.8) is 0 Å². The van der Waals surface area contributed by atoms with Crippen molar-refractivity contribution in [1.82, 2.24) is 9.97 Å². The van der Waals surface area contributed by atoms with E-state index in [1.54, 1.807) is 24.5 Å². The second-order valence-corrected chi connectivity index (χ2v) is 6.54. The lowest BCUT2D eigenvalue weighted by molar-refractivity contribution is 0.0997. The molecule has 0 bridgehead atoms. The fourth-order valence-electron chi connectivity index (χ4n) is 2.84. The molecule has 24 heavy (non-hydrogen) atoms. The van der Waals surface area contributed by atoms with Crippen LogP contribution in [-0.4, -0.2) is 35.0 Å². The molecule has 0 saturated carbocycles. The van der Waals surface area contributed by atoms with Gasteiger partial charge in [-0.25, -0.2) is 14.4 Å². The number of primary amides is 1. The van der Waals surface area contributed by atoms with Gasteiger partial charge in [-0.2, -0.15) is 0 Å². The number of carbonyl (C=O) groups is 1. The van der Waals surface area contributed by atoms with Crippen molar-refractivity contribution in [2.45, 2.75) is 18.9 Å². The van der Waals surface area contributed by atoms with Gasteiger partial charge in [0.25, 0.3) is 5.91 Å². The molecular formula is C16H17BrFN5O. The van der Waals surface area contributed by atoms with Gasteiger partial charge in [0.05, 0.1) is 11.3 Å². The van der Waals surface area contributed by atoms with Gasteiger partial charge in [0.2, 0.25) is 5.95 Å². The van der Waals surface area contributed by atoms with Crippen LogP contribution in [0.3, 0.4) is 0 Å². The maximum absolute atomic E-state index is 14.0. The Labute approximate surface area is 147 Å². The maximum atomic E-state index is 14.0. The number of nitrogens with zero attached hydrogens (tertiary/aromatic N) is 3. The average molecular weight is 394 g/mol. The summed E-state index contributed by atoms with van der Waals surface area (Å²) in [5.74, 6) is -0.700. The number of anilines is 2. The van der Waals surface area contributed by atoms with Gasteiger partial charge in [-0.15, -0.1) is 0 Å². The first kappa shape index (κ1) is 16.6. The summed E-state index contributed by atoms with van der Waals surface area (Å²) >= 11 is 3.24. The molecule has 2 aromatic rings. The topological polar surface area (TPSA) is 84.1 Å². The van der Waals surface area contributed by atoms with E-state index in [0.717, 1.165) is 25.9 Å². The molecule has 1 aliphatic rings. The van der Waals surface area contributed by atoms with Crippen LogP contribution in [0, 0.1) is 5.82 Å². The zero-order chi connectivity index (χ0) is 17.1. The van der Waals surface area contributed by atoms with Crippen LogP contribution < -0.4 is 16.0 Å². The van der Waals surface area contributed by atoms with E-state index < -0.39 is 11.7 Å². The monoisotopic (exact) mass is 393 g/mol. The zero-order valence-electron chi connectivity index (χ0n) is 12.9. The first-order valence-corrected chi connectivity index (χ1v) is 8.41. The van der Waals surface area contributed by atoms with Gasteiger partial charge < -0.3 is 16.0 Å². The zero-order valence-corrected chi connectivity index (χ0v) is 14.5. The number of piperidine rings is 1. The van der Waals surface area contributed by atoms with E-state index in [-0.39, 0.29) is 11.6 Å². The summed E-state index contributed by atoms with van der Waals surface area (Å²) in [5, 5.41) is 3.25. The normalized spacial score (nSPS) is 15.3. The SMILES string of the molecule is NC(=O)c1c(F)cc(Br)cc1NC1CCN(c2ncccn2)CC1. The third-order valence-electron chi connectivity index (χ3n) is 3.99. The second kappa shape index (κ2) is 7.12. The van der Waals surface area contributed by atoms with Gasteiger partial charge in [-0.1, -0.05) is 15.9 Å². The number of halogens is 2. The molecule has 1 aliphatic heterocycles. The molecule has 1 amide bonds. The van der Waals surface area contributed by atoms with E-state index in [1.165, 1.54) is 6.07 Å². The number of benzene rings is 1. The number of aromatic nitrogens is 2. The Morgan fingerprint density at radius 3 is 2.58 bits per heavy atom. The highest BCUT2D eigenvalue weighted by Crippen LogP contribution is 2.27. The standard InChI is InChI=1S/C16H17BrFN5O/c17-10-8-12(18)14(15(19)24)13(9-10)22-11-2-6-23(7-3-11)16-20-4-1-5-21-16/h1,4-5,8-9,11,22H,2-3,6-7H2,(H2,19,24). The molecule has 3 rings (SSSR count). The van der Waals surface area contributed by atoms with Crippen LogP contribution >= 0.6 is 15.9 Å². The van der Waals surface area contributed by atoms with Gasteiger partial charge in [-0.05, 0) is 31.0 Å². The highest BCUT2D eigenvalue weighted by Gasteiger charge is 2.23. The van der Waals surface area contributed by atoms with Gasteiger partial charge >= 0.3 is 0 Å².